The van der Waals surface area contributed by atoms with Crippen LogP contribution in [0.3, 0.4) is 0 Å². The molecule has 0 aliphatic carbocycles. The zero-order chi connectivity index (χ0) is 16.5. The number of para-hydroxylation sites is 1. The summed E-state index contributed by atoms with van der Waals surface area (Å²) < 4.78 is 1.03. The molecule has 0 unspecified atom stereocenters. The molecule has 0 bridgehead atoms. The molecule has 124 valence electrons. The quantitative estimate of drug-likeness (QED) is 0.709. The number of thiazole rings is 1. The van der Waals surface area contributed by atoms with Crippen LogP contribution in [0.1, 0.15) is 12.8 Å². The van der Waals surface area contributed by atoms with Crippen LogP contribution in [0.2, 0.25) is 5.02 Å². The van der Waals surface area contributed by atoms with Crippen LogP contribution in [-0.2, 0) is 0 Å². The van der Waals surface area contributed by atoms with E-state index in [0.29, 0.717) is 11.6 Å². The van der Waals surface area contributed by atoms with E-state index < -0.39 is 0 Å². The number of aromatic nitrogens is 1. The number of piperidine rings is 1. The molecule has 3 aromatic rings. The highest BCUT2D eigenvalue weighted by Crippen LogP contribution is 2.34. The summed E-state index contributed by atoms with van der Waals surface area (Å²) in [5.41, 5.74) is 1.78. The molecule has 1 fully saturated rings. The van der Waals surface area contributed by atoms with Gasteiger partial charge < -0.3 is 15.3 Å². The summed E-state index contributed by atoms with van der Waals surface area (Å²) in [7, 11) is 0. The second kappa shape index (κ2) is 6.49. The summed E-state index contributed by atoms with van der Waals surface area (Å²) in [4.78, 5) is 6.92. The minimum atomic E-state index is 0.257. The topological polar surface area (TPSA) is 48.4 Å². The van der Waals surface area contributed by atoms with Gasteiger partial charge in [-0.25, -0.2) is 4.98 Å². The number of phenolic OH excluding ortho intramolecular Hbond substituents is 1. The third kappa shape index (κ3) is 3.14. The van der Waals surface area contributed by atoms with E-state index in [1.54, 1.807) is 17.4 Å². The van der Waals surface area contributed by atoms with Gasteiger partial charge in [-0.2, -0.15) is 0 Å². The van der Waals surface area contributed by atoms with Gasteiger partial charge in [-0.15, -0.1) is 0 Å². The van der Waals surface area contributed by atoms with Crippen LogP contribution in [-0.4, -0.2) is 29.2 Å². The normalized spacial score (nSPS) is 15.8. The molecule has 24 heavy (non-hydrogen) atoms. The first-order valence-electron chi connectivity index (χ1n) is 8.04. The molecule has 0 spiro atoms. The van der Waals surface area contributed by atoms with Crippen molar-refractivity contribution in [3.63, 3.8) is 0 Å². The Labute approximate surface area is 149 Å². The maximum absolute atomic E-state index is 9.92. The molecule has 4 nitrogen and oxygen atoms in total. The number of nitrogens with one attached hydrogen (secondary N) is 1. The van der Waals surface area contributed by atoms with E-state index in [4.69, 9.17) is 11.6 Å². The minimum Gasteiger partial charge on any atom is -0.506 e. The standard InChI is InChI=1S/C18H18ClN3OS/c19-12-3-1-4-14(11-12)20-13-7-9-22(10-8-13)18-21-17-15(23)5-2-6-16(17)24-18/h1-6,11,13,20,23H,7-10H2. The number of hydrogen-bond acceptors (Lipinski definition) is 5. The van der Waals surface area contributed by atoms with Gasteiger partial charge in [0.2, 0.25) is 0 Å². The lowest BCUT2D eigenvalue weighted by Gasteiger charge is -2.32. The van der Waals surface area contributed by atoms with Crippen LogP contribution < -0.4 is 10.2 Å². The number of phenols is 1. The van der Waals surface area contributed by atoms with Gasteiger partial charge in [-0.05, 0) is 43.2 Å². The molecule has 1 saturated heterocycles. The summed E-state index contributed by atoms with van der Waals surface area (Å²) in [5.74, 6) is 0.257. The highest BCUT2D eigenvalue weighted by Gasteiger charge is 2.22. The van der Waals surface area contributed by atoms with Crippen molar-refractivity contribution < 1.29 is 5.11 Å². The number of hydrogen-bond donors (Lipinski definition) is 2. The fraction of sp³-hybridized carbons (Fsp3) is 0.278. The fourth-order valence-electron chi connectivity index (χ4n) is 3.09. The van der Waals surface area contributed by atoms with E-state index in [1.807, 2.05) is 30.3 Å². The third-order valence-corrected chi connectivity index (χ3v) is 5.66. The summed E-state index contributed by atoms with van der Waals surface area (Å²) in [5, 5.41) is 15.2. The average Bonchev–Trinajstić information content (AvgIpc) is 3.01. The van der Waals surface area contributed by atoms with E-state index in [9.17, 15) is 5.11 Å². The summed E-state index contributed by atoms with van der Waals surface area (Å²) in [6, 6.07) is 13.9. The van der Waals surface area contributed by atoms with Crippen LogP contribution in [0.4, 0.5) is 10.8 Å². The lowest BCUT2D eigenvalue weighted by atomic mass is 10.1. The molecular weight excluding hydrogens is 342 g/mol. The number of aromatic hydroxyl groups is 1. The fourth-order valence-corrected chi connectivity index (χ4v) is 4.32. The maximum atomic E-state index is 9.92. The molecule has 0 radical (unpaired) electrons. The maximum Gasteiger partial charge on any atom is 0.186 e. The molecule has 1 aromatic heterocycles. The first-order chi connectivity index (χ1) is 11.7. The van der Waals surface area contributed by atoms with Crippen molar-refractivity contribution in [1.29, 1.82) is 0 Å². The van der Waals surface area contributed by atoms with Gasteiger partial charge >= 0.3 is 0 Å². The number of benzene rings is 2. The number of halogens is 1. The number of anilines is 2. The van der Waals surface area contributed by atoms with E-state index in [2.05, 4.69) is 21.3 Å². The second-order valence-electron chi connectivity index (χ2n) is 6.04. The van der Waals surface area contributed by atoms with Crippen LogP contribution in [0.15, 0.2) is 42.5 Å². The molecule has 2 heterocycles. The zero-order valence-electron chi connectivity index (χ0n) is 13.1. The Morgan fingerprint density at radius 1 is 1.17 bits per heavy atom. The number of fused-ring (bicyclic) bond motifs is 1. The van der Waals surface area contributed by atoms with Gasteiger partial charge in [0.1, 0.15) is 11.3 Å². The zero-order valence-corrected chi connectivity index (χ0v) is 14.6. The van der Waals surface area contributed by atoms with Gasteiger partial charge in [0.15, 0.2) is 5.13 Å². The van der Waals surface area contributed by atoms with Crippen molar-refractivity contribution in [2.45, 2.75) is 18.9 Å². The minimum absolute atomic E-state index is 0.257. The van der Waals surface area contributed by atoms with Crippen LogP contribution >= 0.6 is 22.9 Å². The van der Waals surface area contributed by atoms with E-state index in [1.165, 1.54) is 0 Å². The van der Waals surface area contributed by atoms with Gasteiger partial charge in [0.05, 0.1) is 4.70 Å². The molecule has 2 aromatic carbocycles. The smallest absolute Gasteiger partial charge is 0.186 e. The van der Waals surface area contributed by atoms with Crippen LogP contribution in [0.25, 0.3) is 10.2 Å². The summed E-state index contributed by atoms with van der Waals surface area (Å²) in [6.07, 6.45) is 2.10. The molecule has 2 N–H and O–H groups in total. The molecule has 6 heteroatoms. The monoisotopic (exact) mass is 359 g/mol. The Morgan fingerprint density at radius 2 is 1.96 bits per heavy atom. The van der Waals surface area contributed by atoms with E-state index in [-0.39, 0.29) is 5.75 Å². The lowest BCUT2D eigenvalue weighted by Crippen LogP contribution is -2.39. The molecule has 0 saturated carbocycles. The summed E-state index contributed by atoms with van der Waals surface area (Å²) in [6.45, 7) is 1.91. The van der Waals surface area contributed by atoms with Gasteiger partial charge in [-0.1, -0.05) is 35.1 Å². The van der Waals surface area contributed by atoms with Crippen LogP contribution in [0.5, 0.6) is 5.75 Å². The second-order valence-corrected chi connectivity index (χ2v) is 7.48. The van der Waals surface area contributed by atoms with Gasteiger partial charge in [0, 0.05) is 29.8 Å². The molecule has 0 amide bonds. The highest BCUT2D eigenvalue weighted by atomic mass is 35.5. The van der Waals surface area contributed by atoms with Crippen molar-refractivity contribution in [2.75, 3.05) is 23.3 Å². The molecule has 4 rings (SSSR count). The first kappa shape index (κ1) is 15.5. The van der Waals surface area contributed by atoms with Crippen molar-refractivity contribution in [3.8, 4) is 5.75 Å². The molecular formula is C18H18ClN3OS. The third-order valence-electron chi connectivity index (χ3n) is 4.35. The molecule has 1 aliphatic heterocycles. The van der Waals surface area contributed by atoms with Crippen molar-refractivity contribution in [2.24, 2.45) is 0 Å². The lowest BCUT2D eigenvalue weighted by molar-refractivity contribution is 0.480. The SMILES string of the molecule is Oc1cccc2sc(N3CCC(Nc4cccc(Cl)c4)CC3)nc12. The summed E-state index contributed by atoms with van der Waals surface area (Å²) >= 11 is 7.68. The van der Waals surface area contributed by atoms with Gasteiger partial charge in [0.25, 0.3) is 0 Å². The number of nitrogens with zero attached hydrogens (tertiary/aromatic N) is 2. The van der Waals surface area contributed by atoms with Crippen LogP contribution in [0, 0.1) is 0 Å². The number of rotatable bonds is 3. The predicted molar refractivity (Wildman–Crippen MR) is 102 cm³/mol. The Hall–Kier alpha value is -1.98. The van der Waals surface area contributed by atoms with E-state index >= 15 is 0 Å². The molecule has 0 atom stereocenters. The Balaban J connectivity index is 1.42. The highest BCUT2D eigenvalue weighted by molar-refractivity contribution is 7.22. The van der Waals surface area contributed by atoms with Crippen molar-refractivity contribution in [1.82, 2.24) is 4.98 Å². The Bertz CT molecular complexity index is 858. The molecule has 1 aliphatic rings. The van der Waals surface area contributed by atoms with Gasteiger partial charge in [-0.3, -0.25) is 0 Å². The van der Waals surface area contributed by atoms with Crippen molar-refractivity contribution in [3.05, 3.63) is 47.5 Å². The van der Waals surface area contributed by atoms with Crippen molar-refractivity contribution >= 4 is 44.0 Å². The predicted octanol–water partition coefficient (Wildman–Crippen LogP) is 4.74. The first-order valence-corrected chi connectivity index (χ1v) is 9.24. The van der Waals surface area contributed by atoms with E-state index in [0.717, 1.165) is 46.5 Å². The largest absolute Gasteiger partial charge is 0.506 e. The Kier molecular flexibility index (Phi) is 4.21. The Morgan fingerprint density at radius 3 is 2.71 bits per heavy atom. The average molecular weight is 360 g/mol.